The second-order valence-corrected chi connectivity index (χ2v) is 6.60. The van der Waals surface area contributed by atoms with E-state index in [9.17, 15) is 4.79 Å². The molecule has 0 saturated carbocycles. The summed E-state index contributed by atoms with van der Waals surface area (Å²) in [6.07, 6.45) is 2.81. The lowest BCUT2D eigenvalue weighted by atomic mass is 10.2. The molecule has 2 aromatic heterocycles. The van der Waals surface area contributed by atoms with Crippen molar-refractivity contribution in [1.29, 1.82) is 0 Å². The van der Waals surface area contributed by atoms with Crippen LogP contribution in [0.4, 0.5) is 0 Å². The van der Waals surface area contributed by atoms with Gasteiger partial charge in [0.1, 0.15) is 4.34 Å². The zero-order chi connectivity index (χ0) is 13.0. The molecule has 0 saturated heterocycles. The summed E-state index contributed by atoms with van der Waals surface area (Å²) in [6, 6.07) is 1.94. The second kappa shape index (κ2) is 6.17. The first-order valence-electron chi connectivity index (χ1n) is 5.17. The van der Waals surface area contributed by atoms with Crippen molar-refractivity contribution in [1.82, 2.24) is 4.98 Å². The number of thioether (sulfide) groups is 1. The zero-order valence-corrected chi connectivity index (χ0v) is 12.1. The molecule has 2 aromatic rings. The summed E-state index contributed by atoms with van der Waals surface area (Å²) in [6.45, 7) is 1.98. The van der Waals surface area contributed by atoms with Crippen LogP contribution >= 0.6 is 34.4 Å². The van der Waals surface area contributed by atoms with E-state index >= 15 is 0 Å². The molecule has 94 valence electrons. The number of thiophene rings is 1. The maximum Gasteiger partial charge on any atom is 0.328 e. The number of aryl methyl sites for hydroxylation is 1. The Morgan fingerprint density at radius 2 is 2.39 bits per heavy atom. The average molecular weight is 297 g/mol. The molecule has 0 bridgehead atoms. The third-order valence-electron chi connectivity index (χ3n) is 2.11. The lowest BCUT2D eigenvalue weighted by molar-refractivity contribution is -0.131. The van der Waals surface area contributed by atoms with Crippen molar-refractivity contribution in [3.05, 3.63) is 39.0 Å². The Morgan fingerprint density at radius 3 is 3.06 bits per heavy atom. The fourth-order valence-electron chi connectivity index (χ4n) is 1.30. The van der Waals surface area contributed by atoms with Crippen molar-refractivity contribution < 1.29 is 9.90 Å². The van der Waals surface area contributed by atoms with Crippen molar-refractivity contribution in [2.75, 3.05) is 0 Å². The van der Waals surface area contributed by atoms with Crippen LogP contribution in [0.2, 0.25) is 0 Å². The number of rotatable bonds is 5. The molecular formula is C12H11NO2S3. The zero-order valence-electron chi connectivity index (χ0n) is 9.62. The molecule has 0 fully saturated rings. The number of hydrogen-bond donors (Lipinski definition) is 1. The van der Waals surface area contributed by atoms with E-state index in [-0.39, 0.29) is 0 Å². The second-order valence-electron chi connectivity index (χ2n) is 3.51. The maximum absolute atomic E-state index is 10.5. The Balaban J connectivity index is 2.01. The van der Waals surface area contributed by atoms with Crippen molar-refractivity contribution in [2.45, 2.75) is 17.0 Å². The van der Waals surface area contributed by atoms with E-state index in [0.29, 0.717) is 0 Å². The van der Waals surface area contributed by atoms with Crippen LogP contribution < -0.4 is 0 Å². The summed E-state index contributed by atoms with van der Waals surface area (Å²) in [4.78, 5) is 16.1. The number of carbonyl (C=O) groups is 1. The summed E-state index contributed by atoms with van der Waals surface area (Å²) in [5, 5.41) is 12.6. The molecule has 0 unspecified atom stereocenters. The molecule has 0 aliphatic heterocycles. The van der Waals surface area contributed by atoms with Crippen LogP contribution in [0.15, 0.2) is 27.2 Å². The minimum absolute atomic E-state index is 0.823. The van der Waals surface area contributed by atoms with E-state index in [0.717, 1.165) is 21.3 Å². The molecule has 1 N–H and O–H groups in total. The molecule has 6 heteroatoms. The number of aromatic nitrogens is 1. The summed E-state index contributed by atoms with van der Waals surface area (Å²) < 4.78 is 1.05. The summed E-state index contributed by atoms with van der Waals surface area (Å²) in [7, 11) is 0. The van der Waals surface area contributed by atoms with Crippen molar-refractivity contribution in [3.63, 3.8) is 0 Å². The molecule has 0 aliphatic carbocycles. The average Bonchev–Trinajstić information content (AvgIpc) is 2.92. The SMILES string of the molecule is Cc1csc(SCc2sccc2C=CC(=O)O)n1. The molecular weight excluding hydrogens is 286 g/mol. The Bertz CT molecular complexity index is 571. The highest BCUT2D eigenvalue weighted by Crippen LogP contribution is 2.30. The minimum Gasteiger partial charge on any atom is -0.478 e. The highest BCUT2D eigenvalue weighted by molar-refractivity contribution is 8.00. The van der Waals surface area contributed by atoms with Crippen LogP contribution in [0.5, 0.6) is 0 Å². The molecule has 0 aromatic carbocycles. The van der Waals surface area contributed by atoms with Crippen LogP contribution in [-0.4, -0.2) is 16.1 Å². The number of thiazole rings is 1. The first-order chi connectivity index (χ1) is 8.65. The van der Waals surface area contributed by atoms with Crippen LogP contribution in [0, 0.1) is 6.92 Å². The molecule has 0 spiro atoms. The fourth-order valence-corrected chi connectivity index (χ4v) is 4.15. The monoisotopic (exact) mass is 297 g/mol. The quantitative estimate of drug-likeness (QED) is 0.671. The van der Waals surface area contributed by atoms with E-state index in [1.165, 1.54) is 11.0 Å². The maximum atomic E-state index is 10.5. The lowest BCUT2D eigenvalue weighted by Gasteiger charge is -1.97. The summed E-state index contributed by atoms with van der Waals surface area (Å²) >= 11 is 4.96. The minimum atomic E-state index is -0.921. The number of carboxylic acids is 1. The summed E-state index contributed by atoms with van der Waals surface area (Å²) in [5.41, 5.74) is 2.02. The number of carboxylic acid groups (broad SMARTS) is 1. The molecule has 0 aliphatic rings. The lowest BCUT2D eigenvalue weighted by Crippen LogP contribution is -1.86. The highest BCUT2D eigenvalue weighted by atomic mass is 32.2. The van der Waals surface area contributed by atoms with Gasteiger partial charge in [0.15, 0.2) is 0 Å². The smallest absolute Gasteiger partial charge is 0.328 e. The third-order valence-corrected chi connectivity index (χ3v) is 5.39. The molecule has 2 heterocycles. The molecule has 3 nitrogen and oxygen atoms in total. The predicted molar refractivity (Wildman–Crippen MR) is 77.4 cm³/mol. The van der Waals surface area contributed by atoms with Gasteiger partial charge in [-0.15, -0.1) is 22.7 Å². The van der Waals surface area contributed by atoms with E-state index in [1.807, 2.05) is 23.8 Å². The van der Waals surface area contributed by atoms with Gasteiger partial charge in [-0.25, -0.2) is 9.78 Å². The van der Waals surface area contributed by atoms with Gasteiger partial charge in [-0.05, 0) is 30.0 Å². The predicted octanol–water partition coefficient (Wildman–Crippen LogP) is 3.90. The van der Waals surface area contributed by atoms with E-state index in [1.54, 1.807) is 40.5 Å². The van der Waals surface area contributed by atoms with Crippen LogP contribution in [0.1, 0.15) is 16.1 Å². The van der Waals surface area contributed by atoms with Gasteiger partial charge in [-0.1, -0.05) is 11.8 Å². The van der Waals surface area contributed by atoms with E-state index in [4.69, 9.17) is 5.11 Å². The number of aliphatic carboxylic acids is 1. The van der Waals surface area contributed by atoms with Gasteiger partial charge in [0, 0.05) is 27.8 Å². The van der Waals surface area contributed by atoms with Gasteiger partial charge >= 0.3 is 5.97 Å². The fraction of sp³-hybridized carbons (Fsp3) is 0.167. The highest BCUT2D eigenvalue weighted by Gasteiger charge is 2.05. The van der Waals surface area contributed by atoms with E-state index < -0.39 is 5.97 Å². The van der Waals surface area contributed by atoms with Gasteiger partial charge in [-0.2, -0.15) is 0 Å². The Labute approximate surface area is 117 Å². The van der Waals surface area contributed by atoms with Crippen molar-refractivity contribution in [2.24, 2.45) is 0 Å². The van der Waals surface area contributed by atoms with Crippen LogP contribution in [-0.2, 0) is 10.5 Å². The molecule has 0 atom stereocenters. The number of nitrogens with zero attached hydrogens (tertiary/aromatic N) is 1. The third kappa shape index (κ3) is 3.69. The Kier molecular flexibility index (Phi) is 4.57. The largest absolute Gasteiger partial charge is 0.478 e. The molecule has 18 heavy (non-hydrogen) atoms. The van der Waals surface area contributed by atoms with Crippen molar-refractivity contribution in [3.8, 4) is 0 Å². The molecule has 0 radical (unpaired) electrons. The topological polar surface area (TPSA) is 50.2 Å². The Hall–Kier alpha value is -1.11. The summed E-state index contributed by atoms with van der Waals surface area (Å²) in [5.74, 6) is -0.0976. The number of hydrogen-bond acceptors (Lipinski definition) is 5. The normalized spacial score (nSPS) is 11.2. The van der Waals surface area contributed by atoms with Crippen molar-refractivity contribution >= 4 is 46.5 Å². The van der Waals surface area contributed by atoms with E-state index in [2.05, 4.69) is 4.98 Å². The van der Waals surface area contributed by atoms with Gasteiger partial charge in [0.05, 0.1) is 0 Å². The standard InChI is InChI=1S/C12H11NO2S3/c1-8-6-17-12(13-8)18-7-10-9(4-5-16-10)2-3-11(14)15/h2-6H,7H2,1H3,(H,14,15). The van der Waals surface area contributed by atoms with Gasteiger partial charge < -0.3 is 5.11 Å². The van der Waals surface area contributed by atoms with Crippen LogP contribution in [0.25, 0.3) is 6.08 Å². The molecule has 2 rings (SSSR count). The van der Waals surface area contributed by atoms with Gasteiger partial charge in [-0.3, -0.25) is 0 Å². The van der Waals surface area contributed by atoms with Crippen LogP contribution in [0.3, 0.4) is 0 Å². The van der Waals surface area contributed by atoms with Gasteiger partial charge in [0.25, 0.3) is 0 Å². The first kappa shape index (κ1) is 13.3. The first-order valence-corrected chi connectivity index (χ1v) is 7.92. The molecule has 0 amide bonds. The van der Waals surface area contributed by atoms with Gasteiger partial charge in [0.2, 0.25) is 0 Å². The Morgan fingerprint density at radius 1 is 1.56 bits per heavy atom.